The highest BCUT2D eigenvalue weighted by atomic mass is 35.5. The number of halogens is 2. The van der Waals surface area contributed by atoms with Gasteiger partial charge in [0.2, 0.25) is 0 Å². The number of nitrogens with one attached hydrogen (secondary N) is 1. The first-order chi connectivity index (χ1) is 13.9. The first-order valence-electron chi connectivity index (χ1n) is 8.96. The van der Waals surface area contributed by atoms with Crippen LogP contribution in [0.5, 0.6) is 5.75 Å². The normalized spacial score (nSPS) is 11.7. The maximum Gasteiger partial charge on any atom is 0.266 e. The maximum atomic E-state index is 12.2. The van der Waals surface area contributed by atoms with E-state index < -0.39 is 6.10 Å². The van der Waals surface area contributed by atoms with E-state index in [-0.39, 0.29) is 24.6 Å². The van der Waals surface area contributed by atoms with Crippen molar-refractivity contribution in [3.63, 3.8) is 0 Å². The molecule has 0 spiro atoms. The summed E-state index contributed by atoms with van der Waals surface area (Å²) in [6.45, 7) is 2.11. The van der Waals surface area contributed by atoms with Crippen molar-refractivity contribution >= 4 is 29.1 Å². The summed E-state index contributed by atoms with van der Waals surface area (Å²) in [5.74, 6) is 0.209. The number of ether oxygens (including phenoxy) is 1. The van der Waals surface area contributed by atoms with Gasteiger partial charge >= 0.3 is 0 Å². The zero-order chi connectivity index (χ0) is 20.8. The second-order valence-electron chi connectivity index (χ2n) is 6.30. The van der Waals surface area contributed by atoms with Crippen LogP contribution in [0.15, 0.2) is 65.5 Å². The molecular weight excluding hydrogens is 413 g/mol. The van der Waals surface area contributed by atoms with E-state index in [4.69, 9.17) is 27.9 Å². The minimum atomic E-state index is -0.710. The highest BCUT2D eigenvalue weighted by Crippen LogP contribution is 2.19. The van der Waals surface area contributed by atoms with E-state index in [9.17, 15) is 9.59 Å². The summed E-state index contributed by atoms with van der Waals surface area (Å²) in [7, 11) is 0. The highest BCUT2D eigenvalue weighted by molar-refractivity contribution is 6.30. The lowest BCUT2D eigenvalue weighted by Gasteiger charge is -2.15. The van der Waals surface area contributed by atoms with Crippen molar-refractivity contribution in [1.82, 2.24) is 15.1 Å². The highest BCUT2D eigenvalue weighted by Gasteiger charge is 2.14. The third kappa shape index (κ3) is 5.82. The number of nitrogens with zero attached hydrogens (tertiary/aromatic N) is 2. The average Bonchev–Trinajstić information content (AvgIpc) is 2.70. The number of carbonyl (C=O) groups is 1. The molecule has 150 valence electrons. The number of hydrogen-bond acceptors (Lipinski definition) is 4. The Hall–Kier alpha value is -2.83. The Kier molecular flexibility index (Phi) is 6.90. The van der Waals surface area contributed by atoms with Crippen LogP contribution < -0.4 is 15.6 Å². The van der Waals surface area contributed by atoms with Crippen molar-refractivity contribution in [2.45, 2.75) is 19.6 Å². The predicted octanol–water partition coefficient (Wildman–Crippen LogP) is 3.80. The van der Waals surface area contributed by atoms with E-state index in [0.717, 1.165) is 5.56 Å². The van der Waals surface area contributed by atoms with E-state index in [1.807, 2.05) is 12.1 Å². The van der Waals surface area contributed by atoms with Crippen LogP contribution in [-0.2, 0) is 11.3 Å². The Balaban J connectivity index is 1.58. The second-order valence-corrected chi connectivity index (χ2v) is 7.17. The summed E-state index contributed by atoms with van der Waals surface area (Å²) in [6.07, 6.45) is -0.710. The van der Waals surface area contributed by atoms with Crippen LogP contribution in [0.4, 0.5) is 0 Å². The average molecular weight is 432 g/mol. The molecule has 0 aliphatic carbocycles. The van der Waals surface area contributed by atoms with Crippen molar-refractivity contribution in [3.05, 3.63) is 81.1 Å². The molecule has 3 rings (SSSR count). The summed E-state index contributed by atoms with van der Waals surface area (Å²) >= 11 is 11.8. The Morgan fingerprint density at radius 2 is 1.86 bits per heavy atom. The number of rotatable bonds is 7. The fourth-order valence-corrected chi connectivity index (χ4v) is 2.92. The summed E-state index contributed by atoms with van der Waals surface area (Å²) in [5.41, 5.74) is 1.24. The van der Waals surface area contributed by atoms with Crippen LogP contribution in [0.2, 0.25) is 10.0 Å². The molecule has 0 fully saturated rings. The van der Waals surface area contributed by atoms with Crippen LogP contribution in [0.25, 0.3) is 11.3 Å². The van der Waals surface area contributed by atoms with Gasteiger partial charge in [-0.3, -0.25) is 9.59 Å². The number of amides is 1. The van der Waals surface area contributed by atoms with E-state index in [1.54, 1.807) is 49.4 Å². The molecular formula is C21H19Cl2N3O3. The summed E-state index contributed by atoms with van der Waals surface area (Å²) in [4.78, 5) is 24.3. The molecule has 1 atom stereocenters. The number of benzene rings is 2. The van der Waals surface area contributed by atoms with Crippen LogP contribution in [0.1, 0.15) is 6.92 Å². The Labute approximate surface area is 178 Å². The van der Waals surface area contributed by atoms with E-state index >= 15 is 0 Å². The molecule has 1 unspecified atom stereocenters. The SMILES string of the molecule is CC(Oc1cccc(Cl)c1)C(=O)NCCn1nc(-c2ccc(Cl)cc2)ccc1=O. The number of aromatic nitrogens is 2. The third-order valence-electron chi connectivity index (χ3n) is 4.11. The summed E-state index contributed by atoms with van der Waals surface area (Å²) < 4.78 is 6.89. The van der Waals surface area contributed by atoms with Gasteiger partial charge < -0.3 is 10.1 Å². The fourth-order valence-electron chi connectivity index (χ4n) is 2.61. The topological polar surface area (TPSA) is 73.2 Å². The van der Waals surface area contributed by atoms with Crippen LogP contribution in [-0.4, -0.2) is 28.3 Å². The van der Waals surface area contributed by atoms with Crippen molar-refractivity contribution in [1.29, 1.82) is 0 Å². The zero-order valence-electron chi connectivity index (χ0n) is 15.6. The minimum absolute atomic E-state index is 0.232. The maximum absolute atomic E-state index is 12.2. The Morgan fingerprint density at radius 3 is 2.59 bits per heavy atom. The number of hydrogen-bond donors (Lipinski definition) is 1. The van der Waals surface area contributed by atoms with E-state index in [1.165, 1.54) is 10.7 Å². The van der Waals surface area contributed by atoms with Crippen molar-refractivity contribution < 1.29 is 9.53 Å². The molecule has 0 bridgehead atoms. The molecule has 1 heterocycles. The third-order valence-corrected chi connectivity index (χ3v) is 4.59. The first-order valence-corrected chi connectivity index (χ1v) is 9.72. The first kappa shape index (κ1) is 20.9. The summed E-state index contributed by atoms with van der Waals surface area (Å²) in [5, 5.41) is 8.25. The van der Waals surface area contributed by atoms with Crippen molar-refractivity contribution in [2.75, 3.05) is 6.54 Å². The molecule has 0 aliphatic rings. The molecule has 0 radical (unpaired) electrons. The van der Waals surface area contributed by atoms with Gasteiger partial charge in [-0.1, -0.05) is 41.4 Å². The largest absolute Gasteiger partial charge is 0.481 e. The molecule has 0 saturated carbocycles. The molecule has 1 amide bonds. The van der Waals surface area contributed by atoms with Crippen LogP contribution in [0.3, 0.4) is 0 Å². The van der Waals surface area contributed by atoms with Gasteiger partial charge in [0, 0.05) is 28.2 Å². The Morgan fingerprint density at radius 1 is 1.10 bits per heavy atom. The molecule has 0 aliphatic heterocycles. The molecule has 1 aromatic heterocycles. The second kappa shape index (κ2) is 9.58. The monoisotopic (exact) mass is 431 g/mol. The zero-order valence-corrected chi connectivity index (χ0v) is 17.2. The van der Waals surface area contributed by atoms with Gasteiger partial charge in [-0.05, 0) is 43.3 Å². The minimum Gasteiger partial charge on any atom is -0.481 e. The predicted molar refractivity (Wildman–Crippen MR) is 113 cm³/mol. The standard InChI is InChI=1S/C21H19Cl2N3O3/c1-14(29-18-4-2-3-17(23)13-18)21(28)24-11-12-26-20(27)10-9-19(25-26)15-5-7-16(22)8-6-15/h2-10,13-14H,11-12H2,1H3,(H,24,28). The quantitative estimate of drug-likeness (QED) is 0.617. The molecule has 29 heavy (non-hydrogen) atoms. The van der Waals surface area contributed by atoms with Gasteiger partial charge in [-0.15, -0.1) is 0 Å². The van der Waals surface area contributed by atoms with Gasteiger partial charge in [0.25, 0.3) is 11.5 Å². The van der Waals surface area contributed by atoms with Crippen molar-refractivity contribution in [3.8, 4) is 17.0 Å². The van der Waals surface area contributed by atoms with Gasteiger partial charge in [-0.25, -0.2) is 4.68 Å². The van der Waals surface area contributed by atoms with Crippen LogP contribution >= 0.6 is 23.2 Å². The van der Waals surface area contributed by atoms with Crippen molar-refractivity contribution in [2.24, 2.45) is 0 Å². The van der Waals surface area contributed by atoms with E-state index in [0.29, 0.717) is 21.5 Å². The lowest BCUT2D eigenvalue weighted by Crippen LogP contribution is -2.39. The molecule has 1 N–H and O–H groups in total. The molecule has 0 saturated heterocycles. The summed E-state index contributed by atoms with van der Waals surface area (Å²) in [6, 6.07) is 17.1. The van der Waals surface area contributed by atoms with Gasteiger partial charge in [0.05, 0.1) is 12.2 Å². The molecule has 3 aromatic rings. The van der Waals surface area contributed by atoms with E-state index in [2.05, 4.69) is 10.4 Å². The van der Waals surface area contributed by atoms with Gasteiger partial charge in [-0.2, -0.15) is 5.10 Å². The lowest BCUT2D eigenvalue weighted by molar-refractivity contribution is -0.127. The molecule has 6 nitrogen and oxygen atoms in total. The number of carbonyl (C=O) groups excluding carboxylic acids is 1. The molecule has 2 aromatic carbocycles. The molecule has 8 heteroatoms. The fraction of sp³-hybridized carbons (Fsp3) is 0.190. The van der Waals surface area contributed by atoms with Crippen LogP contribution in [0, 0.1) is 0 Å². The Bertz CT molecular complexity index is 1050. The van der Waals surface area contributed by atoms with Gasteiger partial charge in [0.15, 0.2) is 6.10 Å². The smallest absolute Gasteiger partial charge is 0.266 e. The van der Waals surface area contributed by atoms with Gasteiger partial charge in [0.1, 0.15) is 5.75 Å². The lowest BCUT2D eigenvalue weighted by atomic mass is 10.1.